The van der Waals surface area contributed by atoms with Crippen molar-refractivity contribution < 1.29 is 26.9 Å². The van der Waals surface area contributed by atoms with Gasteiger partial charge in [0.1, 0.15) is 16.8 Å². The molecule has 0 radical (unpaired) electrons. The van der Waals surface area contributed by atoms with Crippen molar-refractivity contribution in [2.75, 3.05) is 0 Å². The first kappa shape index (κ1) is 24.2. The van der Waals surface area contributed by atoms with Crippen molar-refractivity contribution in [3.05, 3.63) is 102 Å². The van der Waals surface area contributed by atoms with E-state index in [9.17, 15) is 17.6 Å². The van der Waals surface area contributed by atoms with Gasteiger partial charge >= 0.3 is 5.97 Å². The quantitative estimate of drug-likeness (QED) is 0.352. The zero-order chi connectivity index (χ0) is 24.8. The normalized spacial score (nSPS) is 12.3. The standard InChI is InChI=1S/C25H22FN3O5S/c1-17-9-5-6-12-19(17)24-27-23(34-28-24)16-33-25(30)21(15-18-10-3-2-4-11-18)29-35(31,32)22-14-8-7-13-20(22)26/h2-14,21,29H,15-16H2,1H3. The largest absolute Gasteiger partial charge is 0.454 e. The van der Waals surface area contributed by atoms with E-state index in [0.29, 0.717) is 11.4 Å². The number of hydrogen-bond donors (Lipinski definition) is 1. The molecule has 0 saturated carbocycles. The van der Waals surface area contributed by atoms with E-state index >= 15 is 0 Å². The molecule has 4 rings (SSSR count). The van der Waals surface area contributed by atoms with Gasteiger partial charge in [-0.05, 0) is 36.6 Å². The third-order valence-electron chi connectivity index (χ3n) is 5.18. The van der Waals surface area contributed by atoms with E-state index in [-0.39, 0.29) is 18.9 Å². The summed E-state index contributed by atoms with van der Waals surface area (Å²) < 4.78 is 52.5. The topological polar surface area (TPSA) is 111 Å². The zero-order valence-corrected chi connectivity index (χ0v) is 19.5. The molecule has 10 heteroatoms. The Morgan fingerprint density at radius 3 is 2.46 bits per heavy atom. The summed E-state index contributed by atoms with van der Waals surface area (Å²) in [4.78, 5) is 16.6. The highest BCUT2D eigenvalue weighted by molar-refractivity contribution is 7.89. The average Bonchev–Trinajstić information content (AvgIpc) is 3.32. The Labute approximate surface area is 201 Å². The number of carbonyl (C=O) groups is 1. The Morgan fingerprint density at radius 1 is 1.03 bits per heavy atom. The predicted octanol–water partition coefficient (Wildman–Crippen LogP) is 3.82. The second-order valence-electron chi connectivity index (χ2n) is 7.73. The van der Waals surface area contributed by atoms with Gasteiger partial charge in [0.25, 0.3) is 5.89 Å². The van der Waals surface area contributed by atoms with Crippen LogP contribution in [0.15, 0.2) is 88.3 Å². The van der Waals surface area contributed by atoms with Gasteiger partial charge in [0.05, 0.1) is 0 Å². The minimum absolute atomic E-state index is 0.00828. The van der Waals surface area contributed by atoms with Crippen LogP contribution in [0.5, 0.6) is 0 Å². The molecule has 0 saturated heterocycles. The summed E-state index contributed by atoms with van der Waals surface area (Å²) in [6.45, 7) is 1.55. The van der Waals surface area contributed by atoms with Crippen LogP contribution in [0.3, 0.4) is 0 Å². The van der Waals surface area contributed by atoms with E-state index in [0.717, 1.165) is 23.3 Å². The van der Waals surface area contributed by atoms with Crippen LogP contribution in [0, 0.1) is 12.7 Å². The molecule has 0 fully saturated rings. The summed E-state index contributed by atoms with van der Waals surface area (Å²) in [5.74, 6) is -1.41. The molecule has 0 aliphatic heterocycles. The van der Waals surface area contributed by atoms with Crippen LogP contribution in [0.25, 0.3) is 11.4 Å². The van der Waals surface area contributed by atoms with Gasteiger partial charge in [-0.25, -0.2) is 12.8 Å². The molecule has 4 aromatic rings. The summed E-state index contributed by atoms with van der Waals surface area (Å²) >= 11 is 0. The van der Waals surface area contributed by atoms with Crippen molar-refractivity contribution >= 4 is 16.0 Å². The minimum Gasteiger partial charge on any atom is -0.454 e. The lowest BCUT2D eigenvalue weighted by Gasteiger charge is -2.18. The minimum atomic E-state index is -4.35. The molecule has 0 aliphatic carbocycles. The number of esters is 1. The monoisotopic (exact) mass is 495 g/mol. The first-order valence-electron chi connectivity index (χ1n) is 10.7. The van der Waals surface area contributed by atoms with Crippen molar-refractivity contribution in [3.63, 3.8) is 0 Å². The van der Waals surface area contributed by atoms with Gasteiger partial charge in [0.2, 0.25) is 15.8 Å². The highest BCUT2D eigenvalue weighted by Crippen LogP contribution is 2.20. The highest BCUT2D eigenvalue weighted by atomic mass is 32.2. The van der Waals surface area contributed by atoms with Gasteiger partial charge < -0.3 is 9.26 Å². The predicted molar refractivity (Wildman–Crippen MR) is 125 cm³/mol. The van der Waals surface area contributed by atoms with Crippen molar-refractivity contribution in [1.82, 2.24) is 14.9 Å². The molecule has 35 heavy (non-hydrogen) atoms. The van der Waals surface area contributed by atoms with E-state index < -0.39 is 32.7 Å². The average molecular weight is 496 g/mol. The van der Waals surface area contributed by atoms with E-state index in [2.05, 4.69) is 14.9 Å². The van der Waals surface area contributed by atoms with Gasteiger partial charge in [0.15, 0.2) is 6.61 Å². The number of sulfonamides is 1. The van der Waals surface area contributed by atoms with Crippen LogP contribution in [-0.2, 0) is 32.6 Å². The molecule has 1 heterocycles. The fraction of sp³-hybridized carbons (Fsp3) is 0.160. The van der Waals surface area contributed by atoms with E-state index in [1.807, 2.05) is 31.2 Å². The Balaban J connectivity index is 1.51. The van der Waals surface area contributed by atoms with Crippen molar-refractivity contribution in [2.24, 2.45) is 0 Å². The van der Waals surface area contributed by atoms with Gasteiger partial charge in [-0.1, -0.05) is 71.9 Å². The molecule has 0 aliphatic rings. The summed E-state index contributed by atoms with van der Waals surface area (Å²) in [5.41, 5.74) is 2.40. The lowest BCUT2D eigenvalue weighted by Crippen LogP contribution is -2.43. The number of nitrogens with one attached hydrogen (secondary N) is 1. The molecule has 1 unspecified atom stereocenters. The number of rotatable bonds is 9. The fourth-order valence-electron chi connectivity index (χ4n) is 3.42. The van der Waals surface area contributed by atoms with Crippen molar-refractivity contribution in [1.29, 1.82) is 0 Å². The van der Waals surface area contributed by atoms with Crippen LogP contribution in [0.2, 0.25) is 0 Å². The van der Waals surface area contributed by atoms with Crippen LogP contribution < -0.4 is 4.72 Å². The number of halogens is 1. The van der Waals surface area contributed by atoms with Crippen LogP contribution in [0.4, 0.5) is 4.39 Å². The molecule has 180 valence electrons. The van der Waals surface area contributed by atoms with Gasteiger partial charge in [-0.15, -0.1) is 0 Å². The maximum atomic E-state index is 14.1. The molecule has 1 aromatic heterocycles. The number of benzene rings is 3. The molecular formula is C25H22FN3O5S. The zero-order valence-electron chi connectivity index (χ0n) is 18.7. The Morgan fingerprint density at radius 2 is 1.71 bits per heavy atom. The third-order valence-corrected chi connectivity index (χ3v) is 6.69. The second kappa shape index (κ2) is 10.6. The summed E-state index contributed by atoms with van der Waals surface area (Å²) in [7, 11) is -4.35. The molecule has 0 amide bonds. The Bertz CT molecular complexity index is 1420. The maximum Gasteiger partial charge on any atom is 0.325 e. The number of aromatic nitrogens is 2. The highest BCUT2D eigenvalue weighted by Gasteiger charge is 2.29. The third kappa shape index (κ3) is 5.97. The Kier molecular flexibility index (Phi) is 7.33. The first-order valence-corrected chi connectivity index (χ1v) is 12.2. The maximum absolute atomic E-state index is 14.1. The number of hydrogen-bond acceptors (Lipinski definition) is 7. The SMILES string of the molecule is Cc1ccccc1-c1noc(COC(=O)C(Cc2ccccc2)NS(=O)(=O)c2ccccc2F)n1. The number of carbonyl (C=O) groups excluding carboxylic acids is 1. The Hall–Kier alpha value is -3.89. The number of nitrogens with zero attached hydrogens (tertiary/aromatic N) is 2. The molecular weight excluding hydrogens is 473 g/mol. The van der Waals surface area contributed by atoms with Crippen LogP contribution in [0.1, 0.15) is 17.0 Å². The molecule has 8 nitrogen and oxygen atoms in total. The van der Waals surface area contributed by atoms with Crippen LogP contribution in [-0.4, -0.2) is 30.6 Å². The number of ether oxygens (including phenoxy) is 1. The van der Waals surface area contributed by atoms with Crippen molar-refractivity contribution in [3.8, 4) is 11.4 Å². The molecule has 1 atom stereocenters. The smallest absolute Gasteiger partial charge is 0.325 e. The number of aryl methyl sites for hydroxylation is 1. The first-order chi connectivity index (χ1) is 16.8. The summed E-state index contributed by atoms with van der Waals surface area (Å²) in [6, 6.07) is 19.9. The van der Waals surface area contributed by atoms with E-state index in [1.54, 1.807) is 30.3 Å². The van der Waals surface area contributed by atoms with E-state index in [4.69, 9.17) is 9.26 Å². The fourth-order valence-corrected chi connectivity index (χ4v) is 4.68. The van der Waals surface area contributed by atoms with Gasteiger partial charge in [-0.2, -0.15) is 9.71 Å². The lowest BCUT2D eigenvalue weighted by atomic mass is 10.1. The van der Waals surface area contributed by atoms with E-state index in [1.165, 1.54) is 12.1 Å². The van der Waals surface area contributed by atoms with Gasteiger partial charge in [0, 0.05) is 5.56 Å². The molecule has 0 bridgehead atoms. The molecule has 3 aromatic carbocycles. The lowest BCUT2D eigenvalue weighted by molar-refractivity contribution is -0.147. The second-order valence-corrected chi connectivity index (χ2v) is 9.41. The molecule has 1 N–H and O–H groups in total. The van der Waals surface area contributed by atoms with Gasteiger partial charge in [-0.3, -0.25) is 4.79 Å². The van der Waals surface area contributed by atoms with Crippen molar-refractivity contribution in [2.45, 2.75) is 30.9 Å². The summed E-state index contributed by atoms with van der Waals surface area (Å²) in [5, 5.41) is 3.92. The van der Waals surface area contributed by atoms with Crippen LogP contribution >= 0.6 is 0 Å². The molecule has 0 spiro atoms. The summed E-state index contributed by atoms with van der Waals surface area (Å²) in [6.07, 6.45) is -0.00828.